The average Bonchev–Trinajstić information content (AvgIpc) is 2.41. The van der Waals surface area contributed by atoms with E-state index >= 15 is 0 Å². The van der Waals surface area contributed by atoms with Gasteiger partial charge in [-0.15, -0.1) is 0 Å². The van der Waals surface area contributed by atoms with Crippen molar-refractivity contribution in [1.29, 1.82) is 0 Å². The second kappa shape index (κ2) is 6.62. The third-order valence-electron chi connectivity index (χ3n) is 2.98. The summed E-state index contributed by atoms with van der Waals surface area (Å²) < 4.78 is 33.4. The second-order valence-corrected chi connectivity index (χ2v) is 4.46. The number of hydrogen-bond acceptors (Lipinski definition) is 4. The predicted molar refractivity (Wildman–Crippen MR) is 65.7 cm³/mol. The zero-order valence-corrected chi connectivity index (χ0v) is 10.7. The molecule has 5 nitrogen and oxygen atoms in total. The van der Waals surface area contributed by atoms with Gasteiger partial charge in [0.2, 0.25) is 0 Å². The Morgan fingerprint density at radius 1 is 1.45 bits per heavy atom. The van der Waals surface area contributed by atoms with Crippen LogP contribution >= 0.6 is 0 Å². The fourth-order valence-electron chi connectivity index (χ4n) is 2.03. The van der Waals surface area contributed by atoms with Gasteiger partial charge in [-0.25, -0.2) is 4.79 Å². The number of carboxylic acids is 1. The normalized spacial score (nSPS) is 20.1. The van der Waals surface area contributed by atoms with Crippen LogP contribution in [-0.2, 0) is 16.1 Å². The fraction of sp³-hybridized carbons (Fsp3) is 0.462. The van der Waals surface area contributed by atoms with Gasteiger partial charge in [0.25, 0.3) is 0 Å². The minimum absolute atomic E-state index is 0.106. The molecule has 0 aromatic heterocycles. The number of aliphatic carboxylic acids is 1. The number of morpholine rings is 1. The van der Waals surface area contributed by atoms with Gasteiger partial charge in [0.1, 0.15) is 5.75 Å². The number of benzene rings is 1. The van der Waals surface area contributed by atoms with E-state index in [0.29, 0.717) is 26.2 Å². The summed E-state index contributed by atoms with van der Waals surface area (Å²) in [5.41, 5.74) is 0.901. The van der Waals surface area contributed by atoms with Gasteiger partial charge >= 0.3 is 12.6 Å². The van der Waals surface area contributed by atoms with Crippen LogP contribution in [0.2, 0.25) is 0 Å². The van der Waals surface area contributed by atoms with Crippen LogP contribution in [0.1, 0.15) is 5.56 Å². The Hall–Kier alpha value is -1.73. The van der Waals surface area contributed by atoms with E-state index in [4.69, 9.17) is 9.84 Å². The monoisotopic (exact) mass is 287 g/mol. The Morgan fingerprint density at radius 3 is 2.75 bits per heavy atom. The van der Waals surface area contributed by atoms with Gasteiger partial charge in [0, 0.05) is 19.6 Å². The summed E-state index contributed by atoms with van der Waals surface area (Å²) >= 11 is 0. The smallest absolute Gasteiger partial charge is 0.387 e. The quantitative estimate of drug-likeness (QED) is 0.891. The van der Waals surface area contributed by atoms with Crippen LogP contribution in [0.25, 0.3) is 0 Å². The number of ether oxygens (including phenoxy) is 2. The molecule has 1 saturated heterocycles. The van der Waals surface area contributed by atoms with Crippen molar-refractivity contribution in [2.75, 3.05) is 19.7 Å². The van der Waals surface area contributed by atoms with Crippen molar-refractivity contribution in [1.82, 2.24) is 4.90 Å². The first-order valence-electron chi connectivity index (χ1n) is 6.15. The number of rotatable bonds is 5. The zero-order valence-electron chi connectivity index (χ0n) is 10.7. The molecule has 1 aliphatic heterocycles. The van der Waals surface area contributed by atoms with Crippen molar-refractivity contribution in [3.63, 3.8) is 0 Å². The molecule has 0 bridgehead atoms. The molecule has 0 spiro atoms. The molecule has 0 radical (unpaired) electrons. The molecule has 1 unspecified atom stereocenters. The van der Waals surface area contributed by atoms with Crippen LogP contribution < -0.4 is 4.74 Å². The van der Waals surface area contributed by atoms with Crippen LogP contribution in [0.4, 0.5) is 8.78 Å². The SMILES string of the molecule is O=C(O)C1CN(Cc2ccc(OC(F)F)cc2)CCO1. The van der Waals surface area contributed by atoms with E-state index in [1.54, 1.807) is 12.1 Å². The van der Waals surface area contributed by atoms with E-state index in [-0.39, 0.29) is 5.75 Å². The lowest BCUT2D eigenvalue weighted by Gasteiger charge is -2.30. The highest BCUT2D eigenvalue weighted by Gasteiger charge is 2.25. The van der Waals surface area contributed by atoms with Gasteiger partial charge in [0.05, 0.1) is 6.61 Å². The molecule has 1 N–H and O–H groups in total. The Kier molecular flexibility index (Phi) is 4.86. The molecule has 1 aliphatic rings. The van der Waals surface area contributed by atoms with E-state index < -0.39 is 18.7 Å². The van der Waals surface area contributed by atoms with E-state index in [2.05, 4.69) is 4.74 Å². The molecule has 20 heavy (non-hydrogen) atoms. The Balaban J connectivity index is 1.91. The third-order valence-corrected chi connectivity index (χ3v) is 2.98. The molecule has 1 aromatic carbocycles. The Morgan fingerprint density at radius 2 is 2.15 bits per heavy atom. The largest absolute Gasteiger partial charge is 0.479 e. The molecule has 1 heterocycles. The van der Waals surface area contributed by atoms with Crippen molar-refractivity contribution in [3.05, 3.63) is 29.8 Å². The highest BCUT2D eigenvalue weighted by molar-refractivity contribution is 5.72. The Bertz CT molecular complexity index is 452. The summed E-state index contributed by atoms with van der Waals surface area (Å²) in [6.07, 6.45) is -0.815. The summed E-state index contributed by atoms with van der Waals surface area (Å²) in [4.78, 5) is 12.8. The summed E-state index contributed by atoms with van der Waals surface area (Å²) in [6, 6.07) is 6.30. The van der Waals surface area contributed by atoms with Crippen LogP contribution in [0.15, 0.2) is 24.3 Å². The standard InChI is InChI=1S/C13H15F2NO4/c14-13(15)20-10-3-1-9(2-4-10)7-16-5-6-19-11(8-16)12(17)18/h1-4,11,13H,5-8H2,(H,17,18). The van der Waals surface area contributed by atoms with E-state index in [0.717, 1.165) is 5.56 Å². The first-order chi connectivity index (χ1) is 9.54. The number of halogens is 2. The van der Waals surface area contributed by atoms with Gasteiger partial charge < -0.3 is 14.6 Å². The maximum Gasteiger partial charge on any atom is 0.387 e. The highest BCUT2D eigenvalue weighted by atomic mass is 19.3. The van der Waals surface area contributed by atoms with Gasteiger partial charge in [-0.3, -0.25) is 4.90 Å². The maximum atomic E-state index is 12.0. The zero-order chi connectivity index (χ0) is 14.5. The number of carboxylic acid groups (broad SMARTS) is 1. The Labute approximate surface area is 114 Å². The number of carbonyl (C=O) groups is 1. The van der Waals surface area contributed by atoms with Crippen LogP contribution in [0, 0.1) is 0 Å². The summed E-state index contributed by atoms with van der Waals surface area (Å²) in [7, 11) is 0. The van der Waals surface area contributed by atoms with Crippen molar-refractivity contribution >= 4 is 5.97 Å². The molecule has 1 fully saturated rings. The van der Waals surface area contributed by atoms with E-state index in [1.807, 2.05) is 4.90 Å². The minimum atomic E-state index is -2.84. The molecule has 7 heteroatoms. The number of hydrogen-bond donors (Lipinski definition) is 1. The maximum absolute atomic E-state index is 12.0. The molecular weight excluding hydrogens is 272 g/mol. The van der Waals surface area contributed by atoms with E-state index in [9.17, 15) is 13.6 Å². The molecule has 0 saturated carbocycles. The molecule has 2 rings (SSSR count). The minimum Gasteiger partial charge on any atom is -0.479 e. The first-order valence-corrected chi connectivity index (χ1v) is 6.15. The highest BCUT2D eigenvalue weighted by Crippen LogP contribution is 2.17. The van der Waals surface area contributed by atoms with Crippen LogP contribution in [0.5, 0.6) is 5.75 Å². The topological polar surface area (TPSA) is 59.0 Å². The molecule has 0 aliphatic carbocycles. The lowest BCUT2D eigenvalue weighted by Crippen LogP contribution is -2.45. The van der Waals surface area contributed by atoms with Gasteiger partial charge in [-0.2, -0.15) is 8.78 Å². The van der Waals surface area contributed by atoms with Gasteiger partial charge in [-0.1, -0.05) is 12.1 Å². The van der Waals surface area contributed by atoms with Crippen LogP contribution in [-0.4, -0.2) is 48.4 Å². The van der Waals surface area contributed by atoms with Crippen molar-refractivity contribution < 1.29 is 28.2 Å². The molecule has 110 valence electrons. The third kappa shape index (κ3) is 4.14. The van der Waals surface area contributed by atoms with Crippen molar-refractivity contribution in [2.24, 2.45) is 0 Å². The average molecular weight is 287 g/mol. The van der Waals surface area contributed by atoms with E-state index in [1.165, 1.54) is 12.1 Å². The molecule has 1 aromatic rings. The van der Waals surface area contributed by atoms with Crippen LogP contribution in [0.3, 0.4) is 0 Å². The number of alkyl halides is 2. The lowest BCUT2D eigenvalue weighted by molar-refractivity contribution is -0.156. The van der Waals surface area contributed by atoms with Crippen molar-refractivity contribution in [3.8, 4) is 5.75 Å². The first kappa shape index (κ1) is 14.7. The molecule has 0 amide bonds. The molecular formula is C13H15F2NO4. The van der Waals surface area contributed by atoms with Crippen molar-refractivity contribution in [2.45, 2.75) is 19.3 Å². The molecule has 1 atom stereocenters. The summed E-state index contributed by atoms with van der Waals surface area (Å²) in [5, 5.41) is 8.90. The number of nitrogens with zero attached hydrogens (tertiary/aromatic N) is 1. The van der Waals surface area contributed by atoms with Gasteiger partial charge in [0.15, 0.2) is 6.10 Å². The predicted octanol–water partition coefficient (Wildman–Crippen LogP) is 1.57. The fourth-order valence-corrected chi connectivity index (χ4v) is 2.03. The lowest BCUT2D eigenvalue weighted by atomic mass is 10.2. The van der Waals surface area contributed by atoms with Gasteiger partial charge in [-0.05, 0) is 17.7 Å². The summed E-state index contributed by atoms with van der Waals surface area (Å²) in [6.45, 7) is -0.980. The summed E-state index contributed by atoms with van der Waals surface area (Å²) in [5.74, 6) is -0.871. The second-order valence-electron chi connectivity index (χ2n) is 4.46.